The average Bonchev–Trinajstić information content (AvgIpc) is 3.23. The van der Waals surface area contributed by atoms with Crippen molar-refractivity contribution in [3.63, 3.8) is 0 Å². The summed E-state index contributed by atoms with van der Waals surface area (Å²) in [6, 6.07) is 11.9. The highest BCUT2D eigenvalue weighted by molar-refractivity contribution is 7.99. The number of aromatic nitrogens is 4. The van der Waals surface area contributed by atoms with Gasteiger partial charge >= 0.3 is 0 Å². The summed E-state index contributed by atoms with van der Waals surface area (Å²) in [6.45, 7) is 5.47. The van der Waals surface area contributed by atoms with E-state index in [1.165, 1.54) is 18.2 Å². The van der Waals surface area contributed by atoms with Gasteiger partial charge in [0.2, 0.25) is 5.91 Å². The molecule has 1 fully saturated rings. The lowest BCUT2D eigenvalue weighted by molar-refractivity contribution is -0.131. The number of nitrogens with zero attached hydrogens (tertiary/aromatic N) is 5. The normalized spacial score (nSPS) is 16.3. The molecule has 0 bridgehead atoms. The van der Waals surface area contributed by atoms with Crippen molar-refractivity contribution in [3.8, 4) is 22.8 Å². The molecule has 1 saturated heterocycles. The van der Waals surface area contributed by atoms with Crippen LogP contribution in [-0.2, 0) is 4.79 Å². The maximum atomic E-state index is 12.9. The third kappa shape index (κ3) is 4.74. The number of pyridine rings is 1. The van der Waals surface area contributed by atoms with Gasteiger partial charge in [-0.15, -0.1) is 10.2 Å². The molecular formula is C23H27N5O2S. The van der Waals surface area contributed by atoms with Crippen molar-refractivity contribution in [2.75, 3.05) is 18.9 Å². The van der Waals surface area contributed by atoms with Crippen LogP contribution in [-0.4, -0.2) is 55.5 Å². The highest BCUT2D eigenvalue weighted by Gasteiger charge is 2.25. The first-order chi connectivity index (χ1) is 15.2. The Kier molecular flexibility index (Phi) is 6.86. The number of piperidine rings is 1. The molecule has 3 aromatic rings. The molecule has 0 N–H and O–H groups in total. The molecule has 1 unspecified atom stereocenters. The van der Waals surface area contributed by atoms with Crippen molar-refractivity contribution < 1.29 is 9.53 Å². The molecule has 1 aromatic carbocycles. The van der Waals surface area contributed by atoms with Gasteiger partial charge in [0.1, 0.15) is 5.75 Å². The summed E-state index contributed by atoms with van der Waals surface area (Å²) in [5.74, 6) is 1.88. The van der Waals surface area contributed by atoms with Gasteiger partial charge < -0.3 is 9.64 Å². The number of para-hydroxylation sites is 2. The molecule has 7 nitrogen and oxygen atoms in total. The molecule has 4 rings (SSSR count). The first-order valence-electron chi connectivity index (χ1n) is 10.7. The quantitative estimate of drug-likeness (QED) is 0.515. The number of hydrogen-bond donors (Lipinski definition) is 0. The number of ether oxygens (including phenoxy) is 1. The zero-order chi connectivity index (χ0) is 21.6. The highest BCUT2D eigenvalue weighted by atomic mass is 32.2. The van der Waals surface area contributed by atoms with Crippen LogP contribution >= 0.6 is 11.8 Å². The smallest absolute Gasteiger partial charge is 0.233 e. The van der Waals surface area contributed by atoms with Crippen LogP contribution in [0.15, 0.2) is 53.9 Å². The van der Waals surface area contributed by atoms with Gasteiger partial charge in [-0.25, -0.2) is 0 Å². The Morgan fingerprint density at radius 2 is 2.06 bits per heavy atom. The topological polar surface area (TPSA) is 73.1 Å². The maximum absolute atomic E-state index is 12.9. The molecule has 1 aliphatic rings. The zero-order valence-corrected chi connectivity index (χ0v) is 18.7. The summed E-state index contributed by atoms with van der Waals surface area (Å²) in [7, 11) is 0. The van der Waals surface area contributed by atoms with Crippen LogP contribution in [0.1, 0.15) is 33.1 Å². The fraction of sp³-hybridized carbons (Fsp3) is 0.391. The van der Waals surface area contributed by atoms with Crippen LogP contribution < -0.4 is 4.74 Å². The molecule has 8 heteroatoms. The minimum Gasteiger partial charge on any atom is -0.492 e. The van der Waals surface area contributed by atoms with E-state index in [9.17, 15) is 4.79 Å². The summed E-state index contributed by atoms with van der Waals surface area (Å²) in [5, 5.41) is 9.53. The predicted octanol–water partition coefficient (Wildman–Crippen LogP) is 4.22. The van der Waals surface area contributed by atoms with Crippen LogP contribution in [0.2, 0.25) is 0 Å². The standard InChI is InChI=1S/C23H27N5O2S/c1-3-30-20-12-5-4-11-19(20)28-22(18-10-8-13-24-15-18)25-26-23(28)31-16-21(29)27-14-7-6-9-17(27)2/h4-5,8,10-13,15,17H,3,6-7,9,14,16H2,1-2H3. The van der Waals surface area contributed by atoms with E-state index in [-0.39, 0.29) is 5.91 Å². The Morgan fingerprint density at radius 1 is 1.19 bits per heavy atom. The number of hydrogen-bond acceptors (Lipinski definition) is 6. The van der Waals surface area contributed by atoms with E-state index in [2.05, 4.69) is 22.1 Å². The fourth-order valence-corrected chi connectivity index (χ4v) is 4.69. The summed E-state index contributed by atoms with van der Waals surface area (Å²) in [6.07, 6.45) is 6.82. The molecule has 3 heterocycles. The number of likely N-dealkylation sites (tertiary alicyclic amines) is 1. The molecule has 0 saturated carbocycles. The second-order valence-corrected chi connectivity index (χ2v) is 8.45. The van der Waals surface area contributed by atoms with Gasteiger partial charge in [-0.2, -0.15) is 0 Å². The zero-order valence-electron chi connectivity index (χ0n) is 17.9. The van der Waals surface area contributed by atoms with E-state index >= 15 is 0 Å². The molecule has 162 valence electrons. The van der Waals surface area contributed by atoms with E-state index in [1.54, 1.807) is 12.4 Å². The molecule has 1 amide bonds. The number of amides is 1. The minimum atomic E-state index is 0.146. The van der Waals surface area contributed by atoms with E-state index in [4.69, 9.17) is 4.74 Å². The first kappa shape index (κ1) is 21.4. The van der Waals surface area contributed by atoms with Gasteiger partial charge in [0.05, 0.1) is 18.0 Å². The number of carbonyl (C=O) groups excluding carboxylic acids is 1. The van der Waals surface area contributed by atoms with E-state index < -0.39 is 0 Å². The molecule has 0 aliphatic carbocycles. The lowest BCUT2D eigenvalue weighted by Crippen LogP contribution is -2.42. The minimum absolute atomic E-state index is 0.146. The Balaban J connectivity index is 1.67. The lowest BCUT2D eigenvalue weighted by Gasteiger charge is -2.33. The molecule has 0 radical (unpaired) electrons. The molecule has 0 spiro atoms. The second kappa shape index (κ2) is 9.96. The largest absolute Gasteiger partial charge is 0.492 e. The fourth-order valence-electron chi connectivity index (χ4n) is 3.86. The number of rotatable bonds is 7. The average molecular weight is 438 g/mol. The molecule has 31 heavy (non-hydrogen) atoms. The summed E-state index contributed by atoms with van der Waals surface area (Å²) in [5.41, 5.74) is 1.69. The van der Waals surface area contributed by atoms with Crippen molar-refractivity contribution in [2.45, 2.75) is 44.3 Å². The number of benzene rings is 1. The Bertz CT molecular complexity index is 1020. The van der Waals surface area contributed by atoms with Crippen LogP contribution in [0, 0.1) is 0 Å². The van der Waals surface area contributed by atoms with E-state index in [0.717, 1.165) is 36.4 Å². The van der Waals surface area contributed by atoms with E-state index in [1.807, 2.05) is 52.8 Å². The van der Waals surface area contributed by atoms with Gasteiger partial charge in [0.15, 0.2) is 11.0 Å². The van der Waals surface area contributed by atoms with Crippen LogP contribution in [0.4, 0.5) is 0 Å². The SMILES string of the molecule is CCOc1ccccc1-n1c(SCC(=O)N2CCCCC2C)nnc1-c1cccnc1. The van der Waals surface area contributed by atoms with Crippen molar-refractivity contribution >= 4 is 17.7 Å². The van der Waals surface area contributed by atoms with Crippen LogP contribution in [0.5, 0.6) is 5.75 Å². The third-order valence-electron chi connectivity index (χ3n) is 5.41. The molecule has 1 aliphatic heterocycles. The molecule has 2 aromatic heterocycles. The van der Waals surface area contributed by atoms with Crippen molar-refractivity contribution in [1.29, 1.82) is 0 Å². The van der Waals surface area contributed by atoms with E-state index in [0.29, 0.717) is 29.4 Å². The number of carbonyl (C=O) groups is 1. The summed E-state index contributed by atoms with van der Waals surface area (Å²) < 4.78 is 7.82. The van der Waals surface area contributed by atoms with Gasteiger partial charge in [0, 0.05) is 30.5 Å². The van der Waals surface area contributed by atoms with Gasteiger partial charge in [0.25, 0.3) is 0 Å². The molecule has 1 atom stereocenters. The van der Waals surface area contributed by atoms with Gasteiger partial charge in [-0.05, 0) is 57.4 Å². The van der Waals surface area contributed by atoms with Gasteiger partial charge in [-0.3, -0.25) is 14.3 Å². The van der Waals surface area contributed by atoms with Crippen LogP contribution in [0.3, 0.4) is 0 Å². The lowest BCUT2D eigenvalue weighted by atomic mass is 10.0. The van der Waals surface area contributed by atoms with Crippen molar-refractivity contribution in [2.24, 2.45) is 0 Å². The first-order valence-corrected chi connectivity index (χ1v) is 11.7. The van der Waals surface area contributed by atoms with Crippen molar-refractivity contribution in [1.82, 2.24) is 24.6 Å². The highest BCUT2D eigenvalue weighted by Crippen LogP contribution is 2.32. The Hall–Kier alpha value is -2.87. The predicted molar refractivity (Wildman–Crippen MR) is 122 cm³/mol. The maximum Gasteiger partial charge on any atom is 0.233 e. The van der Waals surface area contributed by atoms with Crippen LogP contribution in [0.25, 0.3) is 17.1 Å². The number of thioether (sulfide) groups is 1. The van der Waals surface area contributed by atoms with Gasteiger partial charge in [-0.1, -0.05) is 23.9 Å². The Morgan fingerprint density at radius 3 is 2.84 bits per heavy atom. The summed E-state index contributed by atoms with van der Waals surface area (Å²) in [4.78, 5) is 19.1. The second-order valence-electron chi connectivity index (χ2n) is 7.50. The Labute approximate surface area is 186 Å². The summed E-state index contributed by atoms with van der Waals surface area (Å²) >= 11 is 1.41. The van der Waals surface area contributed by atoms with Crippen molar-refractivity contribution in [3.05, 3.63) is 48.8 Å². The molecular weight excluding hydrogens is 410 g/mol. The monoisotopic (exact) mass is 437 g/mol. The third-order valence-corrected chi connectivity index (χ3v) is 6.32.